The van der Waals surface area contributed by atoms with E-state index in [9.17, 15) is 4.79 Å². The average molecular weight is 461 g/mol. The standard InChI is InChI=1S/C22H27Cl2NO3.ClH/c1-14(25)21(26)27-15(2)18(12-16-8-6-5-7-9-16)22(3,4)28-20-11-10-17(23)13-19(20)24;/h5-11,13-15,18H,12,25H2,1-4H3;1H/t14-,15-,18-;/m0./s1. The summed E-state index contributed by atoms with van der Waals surface area (Å²) in [6.45, 7) is 7.39. The lowest BCUT2D eigenvalue weighted by molar-refractivity contribution is -0.156. The maximum atomic E-state index is 12.1. The van der Waals surface area contributed by atoms with Crippen LogP contribution in [0.4, 0.5) is 0 Å². The first kappa shape index (κ1) is 25.6. The van der Waals surface area contributed by atoms with Gasteiger partial charge in [-0.25, -0.2) is 0 Å². The number of benzene rings is 2. The van der Waals surface area contributed by atoms with Gasteiger partial charge in [0.25, 0.3) is 0 Å². The fraction of sp³-hybridized carbons (Fsp3) is 0.409. The van der Waals surface area contributed by atoms with E-state index in [-0.39, 0.29) is 18.3 Å². The number of esters is 1. The topological polar surface area (TPSA) is 61.6 Å². The molecule has 0 radical (unpaired) electrons. The largest absolute Gasteiger partial charge is 0.486 e. The predicted octanol–water partition coefficient (Wildman–Crippen LogP) is 5.71. The number of halogens is 3. The Morgan fingerprint density at radius 3 is 2.28 bits per heavy atom. The molecule has 29 heavy (non-hydrogen) atoms. The molecule has 2 rings (SSSR count). The number of hydrogen-bond donors (Lipinski definition) is 1. The van der Waals surface area contributed by atoms with E-state index < -0.39 is 23.7 Å². The molecule has 2 aromatic rings. The van der Waals surface area contributed by atoms with Gasteiger partial charge in [0, 0.05) is 10.9 Å². The van der Waals surface area contributed by atoms with Gasteiger partial charge in [0.2, 0.25) is 0 Å². The molecule has 160 valence electrons. The monoisotopic (exact) mass is 459 g/mol. The summed E-state index contributed by atoms with van der Waals surface area (Å²) in [5.74, 6) is -0.0601. The predicted molar refractivity (Wildman–Crippen MR) is 121 cm³/mol. The molecule has 0 heterocycles. The summed E-state index contributed by atoms with van der Waals surface area (Å²) in [6.07, 6.45) is 0.242. The van der Waals surface area contributed by atoms with E-state index in [2.05, 4.69) is 0 Å². The van der Waals surface area contributed by atoms with E-state index in [1.807, 2.05) is 51.1 Å². The van der Waals surface area contributed by atoms with Crippen LogP contribution < -0.4 is 10.5 Å². The Hall–Kier alpha value is -1.46. The highest BCUT2D eigenvalue weighted by molar-refractivity contribution is 6.35. The molecule has 4 nitrogen and oxygen atoms in total. The van der Waals surface area contributed by atoms with Gasteiger partial charge in [0.05, 0.1) is 5.02 Å². The summed E-state index contributed by atoms with van der Waals surface area (Å²) >= 11 is 12.3. The van der Waals surface area contributed by atoms with Crippen molar-refractivity contribution in [1.82, 2.24) is 0 Å². The van der Waals surface area contributed by atoms with Crippen LogP contribution in [0.25, 0.3) is 0 Å². The molecule has 0 aliphatic rings. The van der Waals surface area contributed by atoms with Gasteiger partial charge in [-0.2, -0.15) is 0 Å². The van der Waals surface area contributed by atoms with Gasteiger partial charge >= 0.3 is 5.97 Å². The molecule has 0 bridgehead atoms. The Balaban J connectivity index is 0.00000420. The van der Waals surface area contributed by atoms with Crippen LogP contribution in [0.5, 0.6) is 5.75 Å². The minimum atomic E-state index is -0.690. The zero-order valence-corrected chi connectivity index (χ0v) is 19.4. The Kier molecular flexibility index (Phi) is 9.77. The molecular formula is C22H28Cl3NO3. The fourth-order valence-corrected chi connectivity index (χ4v) is 3.58. The van der Waals surface area contributed by atoms with E-state index in [1.165, 1.54) is 0 Å². The molecule has 0 aliphatic heterocycles. The Labute approximate surface area is 189 Å². The van der Waals surface area contributed by atoms with Crippen LogP contribution in [0.3, 0.4) is 0 Å². The second kappa shape index (κ2) is 11.1. The molecular weight excluding hydrogens is 433 g/mol. The third-order valence-electron chi connectivity index (χ3n) is 4.70. The van der Waals surface area contributed by atoms with Crippen LogP contribution in [0.1, 0.15) is 33.3 Å². The summed E-state index contributed by atoms with van der Waals surface area (Å²) < 4.78 is 11.9. The summed E-state index contributed by atoms with van der Waals surface area (Å²) in [5, 5.41) is 0.967. The molecule has 3 atom stereocenters. The van der Waals surface area contributed by atoms with E-state index in [1.54, 1.807) is 25.1 Å². The Bertz CT molecular complexity index is 797. The van der Waals surface area contributed by atoms with Crippen LogP contribution in [0, 0.1) is 5.92 Å². The van der Waals surface area contributed by atoms with Crippen molar-refractivity contribution in [2.75, 3.05) is 0 Å². The van der Waals surface area contributed by atoms with E-state index in [0.29, 0.717) is 22.2 Å². The first-order valence-corrected chi connectivity index (χ1v) is 10.00. The maximum Gasteiger partial charge on any atom is 0.322 e. The molecule has 0 spiro atoms. The lowest BCUT2D eigenvalue weighted by Gasteiger charge is -2.38. The second-order valence-corrected chi connectivity index (χ2v) is 8.35. The first-order chi connectivity index (χ1) is 13.1. The Morgan fingerprint density at radius 1 is 1.10 bits per heavy atom. The molecule has 0 amide bonds. The van der Waals surface area contributed by atoms with Crippen LogP contribution in [-0.4, -0.2) is 23.7 Å². The molecule has 2 N–H and O–H groups in total. The molecule has 2 aromatic carbocycles. The van der Waals surface area contributed by atoms with E-state index in [4.69, 9.17) is 38.4 Å². The highest BCUT2D eigenvalue weighted by Crippen LogP contribution is 2.35. The van der Waals surface area contributed by atoms with Crippen LogP contribution >= 0.6 is 35.6 Å². The molecule has 0 aromatic heterocycles. The molecule has 7 heteroatoms. The zero-order valence-electron chi connectivity index (χ0n) is 17.0. The van der Waals surface area contributed by atoms with Gasteiger partial charge in [-0.15, -0.1) is 12.4 Å². The molecule has 0 unspecified atom stereocenters. The summed E-state index contributed by atoms with van der Waals surface area (Å²) in [7, 11) is 0. The number of ether oxygens (including phenoxy) is 2. The normalized spacial score (nSPS) is 14.3. The number of rotatable bonds is 8. The van der Waals surface area contributed by atoms with Gasteiger partial charge in [-0.1, -0.05) is 53.5 Å². The first-order valence-electron chi connectivity index (χ1n) is 9.24. The minimum Gasteiger partial charge on any atom is -0.486 e. The zero-order chi connectivity index (χ0) is 20.9. The molecule has 0 saturated carbocycles. The second-order valence-electron chi connectivity index (χ2n) is 7.51. The van der Waals surface area contributed by atoms with Crippen molar-refractivity contribution >= 4 is 41.6 Å². The minimum absolute atomic E-state index is 0. The third-order valence-corrected chi connectivity index (χ3v) is 5.23. The fourth-order valence-electron chi connectivity index (χ4n) is 3.13. The smallest absolute Gasteiger partial charge is 0.322 e. The van der Waals surface area contributed by atoms with E-state index >= 15 is 0 Å². The lowest BCUT2D eigenvalue weighted by atomic mass is 9.81. The highest BCUT2D eigenvalue weighted by Gasteiger charge is 2.38. The lowest BCUT2D eigenvalue weighted by Crippen LogP contribution is -2.47. The van der Waals surface area contributed by atoms with Crippen molar-refractivity contribution in [2.45, 2.75) is 51.9 Å². The van der Waals surface area contributed by atoms with Crippen molar-refractivity contribution in [1.29, 1.82) is 0 Å². The summed E-state index contributed by atoms with van der Waals surface area (Å²) in [4.78, 5) is 12.1. The van der Waals surface area contributed by atoms with Crippen molar-refractivity contribution in [2.24, 2.45) is 11.7 Å². The number of hydrogen-bond acceptors (Lipinski definition) is 4. The molecule has 0 aliphatic carbocycles. The van der Waals surface area contributed by atoms with Gasteiger partial charge in [-0.05, 0) is 57.9 Å². The van der Waals surface area contributed by atoms with Crippen molar-refractivity contribution in [3.8, 4) is 5.75 Å². The quantitative estimate of drug-likeness (QED) is 0.512. The number of carbonyl (C=O) groups is 1. The third kappa shape index (κ3) is 7.38. The number of carbonyl (C=O) groups excluding carboxylic acids is 1. The highest BCUT2D eigenvalue weighted by atomic mass is 35.5. The van der Waals surface area contributed by atoms with Gasteiger partial charge in [0.1, 0.15) is 23.5 Å². The van der Waals surface area contributed by atoms with Crippen molar-refractivity contribution in [3.63, 3.8) is 0 Å². The van der Waals surface area contributed by atoms with Gasteiger partial charge in [-0.3, -0.25) is 4.79 Å². The summed E-state index contributed by atoms with van der Waals surface area (Å²) in [6, 6.07) is 14.4. The molecule has 0 fully saturated rings. The van der Waals surface area contributed by atoms with Crippen molar-refractivity contribution in [3.05, 3.63) is 64.1 Å². The van der Waals surface area contributed by atoms with Crippen LogP contribution in [0.15, 0.2) is 48.5 Å². The summed E-state index contributed by atoms with van der Waals surface area (Å²) in [5.41, 5.74) is 6.10. The average Bonchev–Trinajstić information content (AvgIpc) is 2.62. The van der Waals surface area contributed by atoms with E-state index in [0.717, 1.165) is 5.56 Å². The van der Waals surface area contributed by atoms with Crippen molar-refractivity contribution < 1.29 is 14.3 Å². The molecule has 0 saturated heterocycles. The maximum absolute atomic E-state index is 12.1. The SMILES string of the molecule is C[C@H](N)C(=O)O[C@@H](C)[C@H](Cc1ccccc1)C(C)(C)Oc1ccc(Cl)cc1Cl.Cl. The van der Waals surface area contributed by atoms with Crippen LogP contribution in [0.2, 0.25) is 10.0 Å². The number of nitrogens with two attached hydrogens (primary N) is 1. The van der Waals surface area contributed by atoms with Gasteiger partial charge < -0.3 is 15.2 Å². The Morgan fingerprint density at radius 2 is 1.72 bits per heavy atom. The van der Waals surface area contributed by atoms with Gasteiger partial charge in [0.15, 0.2) is 0 Å². The van der Waals surface area contributed by atoms with Crippen LogP contribution in [-0.2, 0) is 16.0 Å².